The van der Waals surface area contributed by atoms with Gasteiger partial charge in [0.15, 0.2) is 5.78 Å². The number of fused-ring (bicyclic) bond motifs is 1. The van der Waals surface area contributed by atoms with E-state index in [1.54, 1.807) is 54.2 Å². The summed E-state index contributed by atoms with van der Waals surface area (Å²) in [5.41, 5.74) is 1.67. The molecule has 3 aromatic heterocycles. The average molecular weight is 501 g/mol. The lowest BCUT2D eigenvalue weighted by Gasteiger charge is -2.29. The molecule has 1 unspecified atom stereocenters. The summed E-state index contributed by atoms with van der Waals surface area (Å²) in [6, 6.07) is 15.6. The molecule has 1 aliphatic rings. The number of nitrogens with zero attached hydrogens (tertiary/aromatic N) is 3. The van der Waals surface area contributed by atoms with Gasteiger partial charge in [-0.05, 0) is 53.4 Å². The molecule has 2 amide bonds. The first-order chi connectivity index (χ1) is 17.5. The number of nitrogens with one attached hydrogen (secondary N) is 1. The highest BCUT2D eigenvalue weighted by Gasteiger charge is 2.36. The lowest BCUT2D eigenvalue weighted by molar-refractivity contribution is -0.122. The topological polar surface area (TPSA) is 92.3 Å². The number of carbonyl (C=O) groups excluding carboxylic acids is 3. The van der Waals surface area contributed by atoms with Crippen molar-refractivity contribution in [3.05, 3.63) is 112 Å². The van der Waals surface area contributed by atoms with Crippen LogP contribution in [-0.2, 0) is 24.2 Å². The summed E-state index contributed by atoms with van der Waals surface area (Å²) in [4.78, 5) is 49.6. The van der Waals surface area contributed by atoms with E-state index in [0.29, 0.717) is 22.0 Å². The van der Waals surface area contributed by atoms with Crippen molar-refractivity contribution in [1.82, 2.24) is 14.9 Å². The predicted octanol–water partition coefficient (Wildman–Crippen LogP) is 4.31. The number of rotatable bonds is 6. The van der Waals surface area contributed by atoms with Gasteiger partial charge in [0.1, 0.15) is 11.6 Å². The number of amides is 2. The largest absolute Gasteiger partial charge is 0.323 e. The molecule has 0 bridgehead atoms. The molecule has 9 heteroatoms. The maximum absolute atomic E-state index is 15.2. The van der Waals surface area contributed by atoms with Crippen molar-refractivity contribution >= 4 is 34.8 Å². The van der Waals surface area contributed by atoms with Crippen molar-refractivity contribution in [2.24, 2.45) is 0 Å². The molecular formula is C27H21FN4O3S. The molecule has 1 aliphatic heterocycles. The smallest absolute Gasteiger partial charge is 0.265 e. The second-order valence-electron chi connectivity index (χ2n) is 8.37. The highest BCUT2D eigenvalue weighted by atomic mass is 32.1. The molecule has 1 atom stereocenters. The van der Waals surface area contributed by atoms with Gasteiger partial charge in [0.2, 0.25) is 0 Å². The molecule has 0 fully saturated rings. The van der Waals surface area contributed by atoms with Gasteiger partial charge in [0.05, 0.1) is 10.9 Å². The number of carbonyl (C=O) groups is 3. The van der Waals surface area contributed by atoms with E-state index in [9.17, 15) is 14.4 Å². The Morgan fingerprint density at radius 2 is 1.86 bits per heavy atom. The quantitative estimate of drug-likeness (QED) is 0.426. The van der Waals surface area contributed by atoms with Gasteiger partial charge in [-0.2, -0.15) is 0 Å². The first-order valence-electron chi connectivity index (χ1n) is 11.3. The van der Waals surface area contributed by atoms with Crippen LogP contribution in [0.15, 0.2) is 78.4 Å². The van der Waals surface area contributed by atoms with Crippen molar-refractivity contribution in [2.75, 3.05) is 5.32 Å². The number of anilines is 1. The van der Waals surface area contributed by atoms with E-state index >= 15 is 4.39 Å². The van der Waals surface area contributed by atoms with Crippen LogP contribution in [0.1, 0.15) is 36.9 Å². The van der Waals surface area contributed by atoms with Crippen LogP contribution < -0.4 is 5.32 Å². The molecule has 1 aromatic carbocycles. The van der Waals surface area contributed by atoms with E-state index in [0.717, 1.165) is 6.07 Å². The van der Waals surface area contributed by atoms with Gasteiger partial charge in [-0.25, -0.2) is 9.37 Å². The van der Waals surface area contributed by atoms with Gasteiger partial charge in [-0.1, -0.05) is 18.2 Å². The average Bonchev–Trinajstić information content (AvgIpc) is 3.32. The van der Waals surface area contributed by atoms with E-state index < -0.39 is 17.8 Å². The van der Waals surface area contributed by atoms with E-state index in [2.05, 4.69) is 15.3 Å². The van der Waals surface area contributed by atoms with Gasteiger partial charge in [-0.15, -0.1) is 11.3 Å². The van der Waals surface area contributed by atoms with Gasteiger partial charge in [0.25, 0.3) is 11.8 Å². The Hall–Kier alpha value is -4.24. The standard InChI is InChI=1S/C27H21FN4O3S/c28-21-13-18(26(34)31-24-6-2-4-11-30-24)7-8-19(21)16-32-22(15-20-5-1-3-10-29-20)23(33)14-17-9-12-36-25(17)27(32)35/h1-13,22H,14-16H2,(H,30,31,34). The summed E-state index contributed by atoms with van der Waals surface area (Å²) in [5, 5.41) is 4.40. The third kappa shape index (κ3) is 4.92. The van der Waals surface area contributed by atoms with Gasteiger partial charge < -0.3 is 10.2 Å². The van der Waals surface area contributed by atoms with Crippen molar-refractivity contribution in [2.45, 2.75) is 25.4 Å². The molecule has 5 rings (SSSR count). The number of benzene rings is 1. The van der Waals surface area contributed by atoms with Crippen LogP contribution in [0.3, 0.4) is 0 Å². The highest BCUT2D eigenvalue weighted by molar-refractivity contribution is 7.12. The summed E-state index contributed by atoms with van der Waals surface area (Å²) in [5.74, 6) is -1.24. The van der Waals surface area contributed by atoms with E-state index in [1.807, 2.05) is 6.07 Å². The molecule has 36 heavy (non-hydrogen) atoms. The maximum Gasteiger partial charge on any atom is 0.265 e. The lowest BCUT2D eigenvalue weighted by atomic mass is 10.0. The number of ketones is 1. The summed E-state index contributed by atoms with van der Waals surface area (Å²) in [6.07, 6.45) is 3.54. The fourth-order valence-electron chi connectivity index (χ4n) is 4.16. The molecule has 180 valence electrons. The number of thiophene rings is 1. The zero-order valence-corrected chi connectivity index (χ0v) is 19.9. The third-order valence-corrected chi connectivity index (χ3v) is 6.95. The number of pyridine rings is 2. The van der Waals surface area contributed by atoms with Crippen LogP contribution in [-0.4, -0.2) is 38.5 Å². The van der Waals surface area contributed by atoms with Crippen molar-refractivity contribution < 1.29 is 18.8 Å². The molecule has 0 spiro atoms. The zero-order chi connectivity index (χ0) is 25.1. The Morgan fingerprint density at radius 1 is 1.06 bits per heavy atom. The van der Waals surface area contributed by atoms with E-state index in [1.165, 1.54) is 28.4 Å². The fourth-order valence-corrected chi connectivity index (χ4v) is 5.04. The first-order valence-corrected chi connectivity index (χ1v) is 12.2. The number of hydrogen-bond donors (Lipinski definition) is 1. The highest BCUT2D eigenvalue weighted by Crippen LogP contribution is 2.28. The molecule has 0 saturated heterocycles. The first kappa shape index (κ1) is 23.5. The minimum absolute atomic E-state index is 0.116. The minimum atomic E-state index is -0.793. The van der Waals surface area contributed by atoms with Crippen LogP contribution in [0.5, 0.6) is 0 Å². The second-order valence-corrected chi connectivity index (χ2v) is 9.28. The van der Waals surface area contributed by atoms with E-state index in [-0.39, 0.29) is 42.2 Å². The monoisotopic (exact) mass is 500 g/mol. The maximum atomic E-state index is 15.2. The summed E-state index contributed by atoms with van der Waals surface area (Å²) < 4.78 is 15.2. The Kier molecular flexibility index (Phi) is 6.64. The molecule has 4 heterocycles. The molecule has 0 radical (unpaired) electrons. The molecule has 7 nitrogen and oxygen atoms in total. The number of hydrogen-bond acceptors (Lipinski definition) is 6. The molecule has 0 aliphatic carbocycles. The van der Waals surface area contributed by atoms with Crippen molar-refractivity contribution in [1.29, 1.82) is 0 Å². The molecule has 4 aromatic rings. The Bertz CT molecular complexity index is 1430. The van der Waals surface area contributed by atoms with Gasteiger partial charge in [0, 0.05) is 48.6 Å². The normalized spacial score (nSPS) is 15.4. The Labute approximate surface area is 210 Å². The van der Waals surface area contributed by atoms with Crippen LogP contribution in [0.4, 0.5) is 10.2 Å². The fraction of sp³-hybridized carbons (Fsp3) is 0.148. The Morgan fingerprint density at radius 3 is 2.58 bits per heavy atom. The van der Waals surface area contributed by atoms with Crippen LogP contribution in [0, 0.1) is 5.82 Å². The summed E-state index contributed by atoms with van der Waals surface area (Å²) >= 11 is 1.27. The van der Waals surface area contributed by atoms with Crippen molar-refractivity contribution in [3.63, 3.8) is 0 Å². The predicted molar refractivity (Wildman–Crippen MR) is 133 cm³/mol. The summed E-state index contributed by atoms with van der Waals surface area (Å²) in [6.45, 7) is -0.118. The van der Waals surface area contributed by atoms with Gasteiger partial charge >= 0.3 is 0 Å². The van der Waals surface area contributed by atoms with Crippen LogP contribution in [0.2, 0.25) is 0 Å². The number of aromatic nitrogens is 2. The third-order valence-electron chi connectivity index (χ3n) is 6.01. The number of halogens is 1. The van der Waals surface area contributed by atoms with Gasteiger partial charge in [-0.3, -0.25) is 19.4 Å². The van der Waals surface area contributed by atoms with Crippen molar-refractivity contribution in [3.8, 4) is 0 Å². The molecule has 0 saturated carbocycles. The lowest BCUT2D eigenvalue weighted by Crippen LogP contribution is -2.45. The summed E-state index contributed by atoms with van der Waals surface area (Å²) in [7, 11) is 0. The second kappa shape index (κ2) is 10.2. The Balaban J connectivity index is 1.43. The van der Waals surface area contributed by atoms with Crippen LogP contribution >= 0.6 is 11.3 Å². The zero-order valence-electron chi connectivity index (χ0n) is 19.1. The van der Waals surface area contributed by atoms with Crippen LogP contribution in [0.25, 0.3) is 0 Å². The molecule has 1 N–H and O–H groups in total. The van der Waals surface area contributed by atoms with E-state index in [4.69, 9.17) is 0 Å². The SMILES string of the molecule is O=C(Nc1ccccn1)c1ccc(CN2C(=O)c3sccc3CC(=O)C2Cc2ccccn2)c(F)c1. The minimum Gasteiger partial charge on any atom is -0.323 e. The number of Topliss-reactive ketones (excluding diaryl/α,β-unsaturated/α-hetero) is 1. The molecular weight excluding hydrogens is 479 g/mol.